The second-order valence-electron chi connectivity index (χ2n) is 7.07. The molecule has 1 heterocycles. The second-order valence-corrected chi connectivity index (χ2v) is 9.15. The summed E-state index contributed by atoms with van der Waals surface area (Å²) in [7, 11) is -3.46. The van der Waals surface area contributed by atoms with Crippen LogP contribution in [0.1, 0.15) is 31.7 Å². The number of allylic oxidation sites excluding steroid dienone is 2. The molecular weight excluding hydrogens is 354 g/mol. The Balaban J connectivity index is 1.82. The van der Waals surface area contributed by atoms with Gasteiger partial charge in [-0.15, -0.1) is 0 Å². The molecule has 140 valence electrons. The fourth-order valence-electron chi connectivity index (χ4n) is 4.19. The van der Waals surface area contributed by atoms with Gasteiger partial charge in [0.15, 0.2) is 15.3 Å². The molecule has 1 aliphatic carbocycles. The van der Waals surface area contributed by atoms with Crippen molar-refractivity contribution >= 4 is 21.7 Å². The third kappa shape index (κ3) is 3.05. The van der Waals surface area contributed by atoms with Crippen molar-refractivity contribution in [2.45, 2.75) is 32.6 Å². The summed E-state index contributed by atoms with van der Waals surface area (Å²) in [6.45, 7) is 2.04. The van der Waals surface area contributed by atoms with Crippen LogP contribution in [-0.4, -0.2) is 37.7 Å². The molecule has 2 atom stereocenters. The molecule has 1 fully saturated rings. The lowest BCUT2D eigenvalue weighted by atomic mass is 9.65. The van der Waals surface area contributed by atoms with Gasteiger partial charge in [-0.3, -0.25) is 9.59 Å². The van der Waals surface area contributed by atoms with Gasteiger partial charge in [0.25, 0.3) is 0 Å². The topological polar surface area (TPSA) is 101 Å². The number of nitrogens with one attached hydrogen (secondary N) is 1. The summed E-state index contributed by atoms with van der Waals surface area (Å²) in [5.74, 6) is -2.67. The molecule has 1 aromatic rings. The molecule has 6 nitrogen and oxygen atoms in total. The maximum absolute atomic E-state index is 12.9. The zero-order valence-corrected chi connectivity index (χ0v) is 15.5. The predicted molar refractivity (Wildman–Crippen MR) is 97.1 cm³/mol. The Morgan fingerprint density at radius 3 is 2.62 bits per heavy atom. The van der Waals surface area contributed by atoms with Crippen molar-refractivity contribution < 1.29 is 23.1 Å². The van der Waals surface area contributed by atoms with Crippen LogP contribution in [0, 0.1) is 11.3 Å². The highest BCUT2D eigenvalue weighted by Crippen LogP contribution is 2.52. The number of carboxylic acids is 1. The van der Waals surface area contributed by atoms with Crippen molar-refractivity contribution in [3.63, 3.8) is 0 Å². The first kappa shape index (κ1) is 18.6. The normalized spacial score (nSPS) is 27.0. The standard InChI is InChI=1S/C19H23NO5S/c1-13-7-10-19(18(22)23,15-9-12-26(24,25)16(13)15)17(21)20-11-8-14-5-3-2-4-6-14/h2-6,15H,7-12H2,1H3,(H,20,21)(H,22,23)/t15-,19+/m0/s1. The van der Waals surface area contributed by atoms with Crippen LogP contribution < -0.4 is 5.32 Å². The zero-order chi connectivity index (χ0) is 18.9. The van der Waals surface area contributed by atoms with E-state index >= 15 is 0 Å². The van der Waals surface area contributed by atoms with Crippen LogP contribution >= 0.6 is 0 Å². The van der Waals surface area contributed by atoms with Gasteiger partial charge in [-0.05, 0) is 38.2 Å². The van der Waals surface area contributed by atoms with E-state index in [9.17, 15) is 23.1 Å². The largest absolute Gasteiger partial charge is 0.480 e. The number of aliphatic carboxylic acids is 1. The molecule has 0 aromatic heterocycles. The summed E-state index contributed by atoms with van der Waals surface area (Å²) in [5, 5.41) is 12.6. The Kier molecular flexibility index (Phi) is 4.92. The second kappa shape index (κ2) is 6.87. The van der Waals surface area contributed by atoms with E-state index in [0.717, 1.165) is 5.56 Å². The minimum absolute atomic E-state index is 0.0866. The molecule has 0 saturated carbocycles. The molecule has 1 amide bonds. The third-order valence-corrected chi connectivity index (χ3v) is 7.64. The lowest BCUT2D eigenvalue weighted by Gasteiger charge is -2.38. The number of carbonyl (C=O) groups excluding carboxylic acids is 1. The summed E-state index contributed by atoms with van der Waals surface area (Å²) in [6.07, 6.45) is 1.22. The number of carboxylic acid groups (broad SMARTS) is 1. The molecule has 3 rings (SSSR count). The average molecular weight is 377 g/mol. The van der Waals surface area contributed by atoms with Crippen LogP contribution in [0.3, 0.4) is 0 Å². The molecule has 0 unspecified atom stereocenters. The Labute approximate surface area is 153 Å². The van der Waals surface area contributed by atoms with E-state index in [2.05, 4.69) is 5.32 Å². The quantitative estimate of drug-likeness (QED) is 0.764. The molecule has 1 aliphatic heterocycles. The maximum Gasteiger partial charge on any atom is 0.319 e. The van der Waals surface area contributed by atoms with Gasteiger partial charge in [-0.1, -0.05) is 35.9 Å². The van der Waals surface area contributed by atoms with Gasteiger partial charge in [0.1, 0.15) is 0 Å². The van der Waals surface area contributed by atoms with Gasteiger partial charge in [0.05, 0.1) is 5.75 Å². The lowest BCUT2D eigenvalue weighted by Crippen LogP contribution is -2.53. The maximum atomic E-state index is 12.9. The van der Waals surface area contributed by atoms with E-state index in [1.165, 1.54) is 0 Å². The van der Waals surface area contributed by atoms with Crippen molar-refractivity contribution in [1.29, 1.82) is 0 Å². The van der Waals surface area contributed by atoms with Crippen LogP contribution in [0.15, 0.2) is 40.8 Å². The fraction of sp³-hybridized carbons (Fsp3) is 0.474. The summed E-state index contributed by atoms with van der Waals surface area (Å²) in [4.78, 5) is 25.2. The first-order valence-electron chi connectivity index (χ1n) is 8.77. The van der Waals surface area contributed by atoms with Crippen molar-refractivity contribution in [2.75, 3.05) is 12.3 Å². The van der Waals surface area contributed by atoms with Crippen LogP contribution in [0.5, 0.6) is 0 Å². The van der Waals surface area contributed by atoms with Gasteiger partial charge in [0.2, 0.25) is 5.91 Å². The molecular formula is C19H23NO5S. The number of sulfone groups is 1. The number of rotatable bonds is 5. The molecule has 1 saturated heterocycles. The molecule has 26 heavy (non-hydrogen) atoms. The molecule has 0 radical (unpaired) electrons. The van der Waals surface area contributed by atoms with E-state index in [4.69, 9.17) is 0 Å². The van der Waals surface area contributed by atoms with Gasteiger partial charge >= 0.3 is 5.97 Å². The zero-order valence-electron chi connectivity index (χ0n) is 14.7. The number of carbonyl (C=O) groups is 2. The third-order valence-electron chi connectivity index (χ3n) is 5.57. The monoisotopic (exact) mass is 377 g/mol. The Hall–Kier alpha value is -2.15. The summed E-state index contributed by atoms with van der Waals surface area (Å²) in [5.41, 5.74) is 0.0388. The van der Waals surface area contributed by atoms with Crippen LogP contribution in [0.25, 0.3) is 0 Å². The highest BCUT2D eigenvalue weighted by molar-refractivity contribution is 7.95. The summed E-state index contributed by atoms with van der Waals surface area (Å²) in [6, 6.07) is 9.59. The van der Waals surface area contributed by atoms with Gasteiger partial charge in [-0.25, -0.2) is 8.42 Å². The van der Waals surface area contributed by atoms with Crippen LogP contribution in [0.4, 0.5) is 0 Å². The summed E-state index contributed by atoms with van der Waals surface area (Å²) >= 11 is 0. The molecule has 0 bridgehead atoms. The SMILES string of the molecule is CC1=C2[C@H](CCS2(=O)=O)[C@@](C(=O)O)(C(=O)NCCc2ccccc2)CC1. The minimum Gasteiger partial charge on any atom is -0.480 e. The summed E-state index contributed by atoms with van der Waals surface area (Å²) < 4.78 is 24.7. The van der Waals surface area contributed by atoms with Crippen LogP contribution in [0.2, 0.25) is 0 Å². The Bertz CT molecular complexity index is 859. The number of amides is 1. The van der Waals surface area contributed by atoms with Gasteiger partial charge in [0, 0.05) is 17.4 Å². The van der Waals surface area contributed by atoms with E-state index in [1.54, 1.807) is 6.92 Å². The predicted octanol–water partition coefficient (Wildman–Crippen LogP) is 1.92. The molecule has 2 N–H and O–H groups in total. The van der Waals surface area contributed by atoms with E-state index in [-0.39, 0.29) is 23.5 Å². The van der Waals surface area contributed by atoms with Crippen molar-refractivity contribution in [2.24, 2.45) is 11.3 Å². The van der Waals surface area contributed by atoms with Crippen molar-refractivity contribution in [3.8, 4) is 0 Å². The van der Waals surface area contributed by atoms with E-state index < -0.39 is 33.0 Å². The molecule has 0 spiro atoms. The Morgan fingerprint density at radius 1 is 1.27 bits per heavy atom. The highest BCUT2D eigenvalue weighted by atomic mass is 32.2. The Morgan fingerprint density at radius 2 is 1.96 bits per heavy atom. The van der Waals surface area contributed by atoms with Gasteiger partial charge < -0.3 is 10.4 Å². The first-order valence-corrected chi connectivity index (χ1v) is 10.4. The number of hydrogen-bond donors (Lipinski definition) is 2. The van der Waals surface area contributed by atoms with Crippen LogP contribution in [-0.2, 0) is 25.8 Å². The molecule has 1 aromatic carbocycles. The van der Waals surface area contributed by atoms with E-state index in [1.807, 2.05) is 30.3 Å². The van der Waals surface area contributed by atoms with Crippen molar-refractivity contribution in [1.82, 2.24) is 5.32 Å². The minimum atomic E-state index is -3.46. The van der Waals surface area contributed by atoms with Crippen molar-refractivity contribution in [3.05, 3.63) is 46.4 Å². The smallest absolute Gasteiger partial charge is 0.319 e. The molecule has 2 aliphatic rings. The highest BCUT2D eigenvalue weighted by Gasteiger charge is 2.59. The number of benzene rings is 1. The first-order chi connectivity index (χ1) is 12.3. The number of hydrogen-bond acceptors (Lipinski definition) is 4. The number of fused-ring (bicyclic) bond motifs is 1. The fourth-order valence-corrected chi connectivity index (χ4v) is 6.35. The average Bonchev–Trinajstić information content (AvgIpc) is 2.93. The molecule has 7 heteroatoms. The van der Waals surface area contributed by atoms with E-state index in [0.29, 0.717) is 25.0 Å². The lowest BCUT2D eigenvalue weighted by molar-refractivity contribution is -0.160. The van der Waals surface area contributed by atoms with Gasteiger partial charge in [-0.2, -0.15) is 0 Å².